The number of nitrogens with zero attached hydrogens (tertiary/aromatic N) is 1. The van der Waals surface area contributed by atoms with E-state index in [1.54, 1.807) is 0 Å². The lowest BCUT2D eigenvalue weighted by molar-refractivity contribution is -0.0583. The van der Waals surface area contributed by atoms with Crippen LogP contribution in [0.3, 0.4) is 0 Å². The average Bonchev–Trinajstić information content (AvgIpc) is 1.96. The Hall–Kier alpha value is 0.0569. The van der Waals surface area contributed by atoms with Crippen molar-refractivity contribution in [3.05, 3.63) is 0 Å². The molecule has 0 aromatic heterocycles. The normalized spacial score (nSPS) is 45.6. The van der Waals surface area contributed by atoms with E-state index in [9.17, 15) is 0 Å². The second-order valence-corrected chi connectivity index (χ2v) is 5.46. The topological polar surface area (TPSA) is 30.9 Å². The molecular formula is C9H18NO3Si. The first kappa shape index (κ1) is 10.6. The predicted molar refractivity (Wildman–Crippen MR) is 53.8 cm³/mol. The lowest BCUT2D eigenvalue weighted by Crippen LogP contribution is -2.53. The SMILES string of the molecule is CC1CN2CC(C)O[Si](O1)OC(C)C2. The summed E-state index contributed by atoms with van der Waals surface area (Å²) in [5.74, 6) is 0. The minimum absolute atomic E-state index is 0.226. The Morgan fingerprint density at radius 2 is 1.21 bits per heavy atom. The van der Waals surface area contributed by atoms with Crippen LogP contribution in [0, 0.1) is 0 Å². The molecule has 2 bridgehead atoms. The van der Waals surface area contributed by atoms with Crippen molar-refractivity contribution in [1.82, 2.24) is 4.90 Å². The van der Waals surface area contributed by atoms with E-state index in [4.69, 9.17) is 13.3 Å². The minimum Gasteiger partial charge on any atom is -0.367 e. The zero-order valence-corrected chi connectivity index (χ0v) is 10.0. The van der Waals surface area contributed by atoms with Crippen LogP contribution in [0.1, 0.15) is 20.8 Å². The first-order valence-electron chi connectivity index (χ1n) is 5.22. The zero-order chi connectivity index (χ0) is 10.1. The highest BCUT2D eigenvalue weighted by molar-refractivity contribution is 6.36. The lowest BCUT2D eigenvalue weighted by Gasteiger charge is -2.38. The molecule has 3 aliphatic rings. The highest BCUT2D eigenvalue weighted by Gasteiger charge is 2.35. The Kier molecular flexibility index (Phi) is 3.23. The third kappa shape index (κ3) is 2.55. The average molecular weight is 216 g/mol. The van der Waals surface area contributed by atoms with Crippen LogP contribution in [0.4, 0.5) is 0 Å². The first-order chi connectivity index (χ1) is 6.63. The Morgan fingerprint density at radius 1 is 0.857 bits per heavy atom. The third-order valence-corrected chi connectivity index (χ3v) is 4.22. The smallest absolute Gasteiger partial charge is 0.367 e. The molecule has 3 saturated heterocycles. The van der Waals surface area contributed by atoms with Crippen molar-refractivity contribution < 1.29 is 13.3 Å². The number of hydrogen-bond donors (Lipinski definition) is 0. The van der Waals surface area contributed by atoms with Crippen molar-refractivity contribution in [3.63, 3.8) is 0 Å². The van der Waals surface area contributed by atoms with Crippen LogP contribution < -0.4 is 0 Å². The van der Waals surface area contributed by atoms with Crippen molar-refractivity contribution in [2.24, 2.45) is 0 Å². The summed E-state index contributed by atoms with van der Waals surface area (Å²) in [6.45, 7) is 9.23. The molecule has 3 rings (SSSR count). The number of fused-ring (bicyclic) bond motifs is 6. The molecule has 0 aromatic carbocycles. The van der Waals surface area contributed by atoms with Gasteiger partial charge in [0.2, 0.25) is 0 Å². The van der Waals surface area contributed by atoms with Crippen molar-refractivity contribution in [2.75, 3.05) is 19.6 Å². The molecule has 3 unspecified atom stereocenters. The van der Waals surface area contributed by atoms with Crippen molar-refractivity contribution in [2.45, 2.75) is 39.1 Å². The summed E-state index contributed by atoms with van der Waals surface area (Å²) in [4.78, 5) is 2.36. The molecule has 3 atom stereocenters. The lowest BCUT2D eigenvalue weighted by atomic mass is 10.2. The first-order valence-corrected chi connectivity index (χ1v) is 6.45. The van der Waals surface area contributed by atoms with Gasteiger partial charge in [-0.3, -0.25) is 4.90 Å². The van der Waals surface area contributed by atoms with Crippen LogP contribution in [-0.4, -0.2) is 52.4 Å². The minimum atomic E-state index is -1.49. The highest BCUT2D eigenvalue weighted by Crippen LogP contribution is 2.16. The zero-order valence-electron chi connectivity index (χ0n) is 9.03. The molecule has 0 aliphatic carbocycles. The van der Waals surface area contributed by atoms with Crippen molar-refractivity contribution in [3.8, 4) is 0 Å². The third-order valence-electron chi connectivity index (χ3n) is 2.44. The largest absolute Gasteiger partial charge is 0.578 e. The molecule has 3 aliphatic heterocycles. The number of rotatable bonds is 0. The Labute approximate surface area is 87.1 Å². The molecule has 0 aromatic rings. The molecule has 1 radical (unpaired) electrons. The van der Waals surface area contributed by atoms with E-state index >= 15 is 0 Å². The van der Waals surface area contributed by atoms with E-state index < -0.39 is 9.53 Å². The van der Waals surface area contributed by atoms with Gasteiger partial charge in [0.1, 0.15) is 0 Å². The molecule has 0 amide bonds. The van der Waals surface area contributed by atoms with Crippen LogP contribution in [0.15, 0.2) is 0 Å². The van der Waals surface area contributed by atoms with Gasteiger partial charge in [-0.1, -0.05) is 0 Å². The molecule has 3 fully saturated rings. The molecular weight excluding hydrogens is 198 g/mol. The van der Waals surface area contributed by atoms with Crippen LogP contribution in [0.5, 0.6) is 0 Å². The van der Waals surface area contributed by atoms with Crippen LogP contribution >= 0.6 is 0 Å². The molecule has 5 heteroatoms. The van der Waals surface area contributed by atoms with Gasteiger partial charge in [-0.15, -0.1) is 0 Å². The second kappa shape index (κ2) is 4.28. The monoisotopic (exact) mass is 216 g/mol. The number of hydrogen-bond acceptors (Lipinski definition) is 4. The molecule has 14 heavy (non-hydrogen) atoms. The van der Waals surface area contributed by atoms with E-state index in [0.29, 0.717) is 0 Å². The van der Waals surface area contributed by atoms with Crippen LogP contribution in [0.2, 0.25) is 0 Å². The van der Waals surface area contributed by atoms with E-state index in [-0.39, 0.29) is 18.3 Å². The van der Waals surface area contributed by atoms with Crippen LogP contribution in [0.25, 0.3) is 0 Å². The quantitative estimate of drug-likeness (QED) is 0.552. The van der Waals surface area contributed by atoms with Gasteiger partial charge in [0.25, 0.3) is 0 Å². The Bertz CT molecular complexity index is 153. The maximum absolute atomic E-state index is 5.72. The summed E-state index contributed by atoms with van der Waals surface area (Å²) in [5.41, 5.74) is 0. The molecule has 4 nitrogen and oxygen atoms in total. The fourth-order valence-electron chi connectivity index (χ4n) is 2.00. The molecule has 0 N–H and O–H groups in total. The molecule has 3 heterocycles. The van der Waals surface area contributed by atoms with Gasteiger partial charge in [-0.25, -0.2) is 0 Å². The van der Waals surface area contributed by atoms with Crippen molar-refractivity contribution >= 4 is 9.53 Å². The van der Waals surface area contributed by atoms with Gasteiger partial charge in [-0.05, 0) is 20.8 Å². The van der Waals surface area contributed by atoms with Gasteiger partial charge in [0.15, 0.2) is 0 Å². The second-order valence-electron chi connectivity index (χ2n) is 4.25. The van der Waals surface area contributed by atoms with Gasteiger partial charge < -0.3 is 13.3 Å². The molecule has 0 saturated carbocycles. The van der Waals surface area contributed by atoms with Gasteiger partial charge in [0.05, 0.1) is 18.3 Å². The Morgan fingerprint density at radius 3 is 1.57 bits per heavy atom. The van der Waals surface area contributed by atoms with Crippen molar-refractivity contribution in [1.29, 1.82) is 0 Å². The standard InChI is InChI=1S/C9H18NO3Si/c1-7-4-10-5-8(2)12-14(11-7)13-9(3)6-10/h7-9H,4-6H2,1-3H3. The molecule has 81 valence electrons. The highest BCUT2D eigenvalue weighted by atomic mass is 28.3. The van der Waals surface area contributed by atoms with Gasteiger partial charge >= 0.3 is 9.53 Å². The van der Waals surface area contributed by atoms with Gasteiger partial charge in [-0.2, -0.15) is 0 Å². The van der Waals surface area contributed by atoms with Gasteiger partial charge in [0, 0.05) is 19.6 Å². The summed E-state index contributed by atoms with van der Waals surface area (Å²) in [6.07, 6.45) is 0.677. The molecule has 0 spiro atoms. The Balaban J connectivity index is 2.10. The van der Waals surface area contributed by atoms with E-state index in [0.717, 1.165) is 19.6 Å². The summed E-state index contributed by atoms with van der Waals surface area (Å²) in [7, 11) is -1.49. The summed E-state index contributed by atoms with van der Waals surface area (Å²) in [6, 6.07) is 0. The summed E-state index contributed by atoms with van der Waals surface area (Å²) < 4.78 is 17.2. The summed E-state index contributed by atoms with van der Waals surface area (Å²) >= 11 is 0. The maximum Gasteiger partial charge on any atom is 0.578 e. The fourth-order valence-corrected chi connectivity index (χ4v) is 3.38. The predicted octanol–water partition coefficient (Wildman–Crippen LogP) is 0.516. The van der Waals surface area contributed by atoms with E-state index in [1.165, 1.54) is 0 Å². The fraction of sp³-hybridized carbons (Fsp3) is 1.00. The summed E-state index contributed by atoms with van der Waals surface area (Å²) in [5, 5.41) is 0. The van der Waals surface area contributed by atoms with E-state index in [2.05, 4.69) is 25.7 Å². The maximum atomic E-state index is 5.72. The van der Waals surface area contributed by atoms with Crippen LogP contribution in [-0.2, 0) is 13.3 Å². The van der Waals surface area contributed by atoms with E-state index in [1.807, 2.05) is 0 Å².